The molecule has 29 heavy (non-hydrogen) atoms. The lowest BCUT2D eigenvalue weighted by Gasteiger charge is -2.22. The minimum Gasteiger partial charge on any atom is -0.494 e. The number of nitrogens with two attached hydrogens (primary N) is 1. The zero-order chi connectivity index (χ0) is 21.7. The van der Waals surface area contributed by atoms with E-state index in [1.807, 2.05) is 0 Å². The van der Waals surface area contributed by atoms with E-state index in [1.54, 1.807) is 12.1 Å². The van der Waals surface area contributed by atoms with E-state index in [-0.39, 0.29) is 32.7 Å². The van der Waals surface area contributed by atoms with Crippen LogP contribution in [0.2, 0.25) is 10.0 Å². The molecule has 0 amide bonds. The summed E-state index contributed by atoms with van der Waals surface area (Å²) < 4.78 is 10.2. The standard InChI is InChI=1S/C19H20Cl2N2O6/c1-28-16-11(18(24)25)5-9(7-13(16)20)15(23-4-3-22)10-6-12(19(26)27)17(29-2)14(21)8-10/h5-8,15,23H,3-4,22H2,1-2H3,(H,24,25)(H,26,27). The first-order chi connectivity index (χ1) is 13.7. The van der Waals surface area contributed by atoms with Gasteiger partial charge in [0.1, 0.15) is 11.1 Å². The van der Waals surface area contributed by atoms with Gasteiger partial charge < -0.3 is 30.7 Å². The van der Waals surface area contributed by atoms with E-state index in [9.17, 15) is 19.8 Å². The van der Waals surface area contributed by atoms with Gasteiger partial charge in [0.2, 0.25) is 0 Å². The molecule has 156 valence electrons. The predicted molar refractivity (Wildman–Crippen MR) is 109 cm³/mol. The first-order valence-corrected chi connectivity index (χ1v) is 9.15. The summed E-state index contributed by atoms with van der Waals surface area (Å²) in [4.78, 5) is 23.3. The van der Waals surface area contributed by atoms with E-state index in [0.29, 0.717) is 24.2 Å². The maximum Gasteiger partial charge on any atom is 0.339 e. The zero-order valence-corrected chi connectivity index (χ0v) is 17.2. The van der Waals surface area contributed by atoms with E-state index < -0.39 is 18.0 Å². The molecule has 8 nitrogen and oxygen atoms in total. The van der Waals surface area contributed by atoms with Crippen molar-refractivity contribution in [2.45, 2.75) is 6.04 Å². The van der Waals surface area contributed by atoms with Crippen LogP contribution < -0.4 is 20.5 Å². The molecule has 0 atom stereocenters. The van der Waals surface area contributed by atoms with E-state index in [2.05, 4.69) is 5.32 Å². The van der Waals surface area contributed by atoms with Crippen molar-refractivity contribution in [3.05, 3.63) is 56.6 Å². The van der Waals surface area contributed by atoms with E-state index in [1.165, 1.54) is 26.4 Å². The van der Waals surface area contributed by atoms with Crippen LogP contribution in [0.4, 0.5) is 0 Å². The number of carbonyl (C=O) groups is 2. The maximum atomic E-state index is 11.6. The molecule has 0 aliphatic heterocycles. The topological polar surface area (TPSA) is 131 Å². The quantitative estimate of drug-likeness (QED) is 0.465. The summed E-state index contributed by atoms with van der Waals surface area (Å²) in [5.74, 6) is -2.39. The SMILES string of the molecule is COc1c(Cl)cc(C(NCCN)c2cc(Cl)c(OC)c(C(=O)O)c2)cc1C(=O)O. The van der Waals surface area contributed by atoms with Crippen molar-refractivity contribution in [3.8, 4) is 11.5 Å². The molecular formula is C19H20Cl2N2O6. The van der Waals surface area contributed by atoms with Crippen molar-refractivity contribution in [2.24, 2.45) is 5.73 Å². The molecule has 0 bridgehead atoms. The number of hydrogen-bond donors (Lipinski definition) is 4. The van der Waals surface area contributed by atoms with E-state index in [0.717, 1.165) is 0 Å². The van der Waals surface area contributed by atoms with Crippen LogP contribution >= 0.6 is 23.2 Å². The molecule has 2 aromatic carbocycles. The highest BCUT2D eigenvalue weighted by molar-refractivity contribution is 6.33. The van der Waals surface area contributed by atoms with Crippen LogP contribution in [-0.4, -0.2) is 49.5 Å². The van der Waals surface area contributed by atoms with Crippen LogP contribution in [0, 0.1) is 0 Å². The van der Waals surface area contributed by atoms with Gasteiger partial charge >= 0.3 is 11.9 Å². The fourth-order valence-corrected chi connectivity index (χ4v) is 3.56. The number of ether oxygens (including phenoxy) is 2. The van der Waals surface area contributed by atoms with Crippen molar-refractivity contribution in [1.82, 2.24) is 5.32 Å². The highest BCUT2D eigenvalue weighted by atomic mass is 35.5. The third-order valence-electron chi connectivity index (χ3n) is 4.16. The number of aromatic carboxylic acids is 2. The van der Waals surface area contributed by atoms with Gasteiger partial charge in [-0.25, -0.2) is 9.59 Å². The Labute approximate surface area is 177 Å². The smallest absolute Gasteiger partial charge is 0.339 e. The van der Waals surface area contributed by atoms with Gasteiger partial charge in [-0.1, -0.05) is 23.2 Å². The summed E-state index contributed by atoms with van der Waals surface area (Å²) in [5.41, 5.74) is 6.28. The Hall–Kier alpha value is -2.52. The molecule has 0 aliphatic rings. The predicted octanol–water partition coefficient (Wildman–Crippen LogP) is 3.04. The Morgan fingerprint density at radius 1 is 0.966 bits per heavy atom. The van der Waals surface area contributed by atoms with Crippen LogP contribution in [0.1, 0.15) is 37.9 Å². The molecule has 5 N–H and O–H groups in total. The zero-order valence-electron chi connectivity index (χ0n) is 15.7. The van der Waals surface area contributed by atoms with Gasteiger partial charge in [-0.05, 0) is 35.4 Å². The number of nitrogens with one attached hydrogen (secondary N) is 1. The lowest BCUT2D eigenvalue weighted by Crippen LogP contribution is -2.28. The molecule has 10 heteroatoms. The monoisotopic (exact) mass is 442 g/mol. The first kappa shape index (κ1) is 22.8. The second kappa shape index (κ2) is 9.80. The molecule has 0 saturated heterocycles. The third-order valence-corrected chi connectivity index (χ3v) is 4.72. The second-order valence-electron chi connectivity index (χ2n) is 5.95. The third kappa shape index (κ3) is 4.91. The molecular weight excluding hydrogens is 423 g/mol. The molecule has 2 rings (SSSR count). The van der Waals surface area contributed by atoms with E-state index in [4.69, 9.17) is 38.4 Å². The number of hydrogen-bond acceptors (Lipinski definition) is 6. The van der Waals surface area contributed by atoms with Crippen molar-refractivity contribution < 1.29 is 29.3 Å². The summed E-state index contributed by atoms with van der Waals surface area (Å²) in [6, 6.07) is 5.25. The fraction of sp³-hybridized carbons (Fsp3) is 0.263. The molecule has 0 saturated carbocycles. The molecule has 0 radical (unpaired) electrons. The molecule has 0 heterocycles. The van der Waals surface area contributed by atoms with Crippen LogP contribution in [0.15, 0.2) is 24.3 Å². The maximum absolute atomic E-state index is 11.6. The molecule has 0 aromatic heterocycles. The number of rotatable bonds is 9. The van der Waals surface area contributed by atoms with Crippen molar-refractivity contribution in [3.63, 3.8) is 0 Å². The Kier molecular flexibility index (Phi) is 7.69. The first-order valence-electron chi connectivity index (χ1n) is 8.40. The Morgan fingerprint density at radius 2 is 1.38 bits per heavy atom. The number of methoxy groups -OCH3 is 2. The Morgan fingerprint density at radius 3 is 1.69 bits per heavy atom. The van der Waals surface area contributed by atoms with Gasteiger partial charge in [-0.2, -0.15) is 0 Å². The van der Waals surface area contributed by atoms with Gasteiger partial charge in [-0.15, -0.1) is 0 Å². The minimum absolute atomic E-state index is 0.0273. The fourth-order valence-electron chi connectivity index (χ4n) is 2.95. The summed E-state index contributed by atoms with van der Waals surface area (Å²) in [6.07, 6.45) is 0. The van der Waals surface area contributed by atoms with Gasteiger partial charge in [0.25, 0.3) is 0 Å². The average Bonchev–Trinajstić information content (AvgIpc) is 2.67. The van der Waals surface area contributed by atoms with Crippen LogP contribution in [-0.2, 0) is 0 Å². The Bertz CT molecular complexity index is 864. The highest BCUT2D eigenvalue weighted by Crippen LogP contribution is 2.37. The molecule has 2 aromatic rings. The summed E-state index contributed by atoms with van der Waals surface area (Å²) in [7, 11) is 2.64. The molecule has 0 spiro atoms. The molecule has 0 fully saturated rings. The number of carboxylic acids is 2. The van der Waals surface area contributed by atoms with Gasteiger partial charge in [0.15, 0.2) is 11.5 Å². The summed E-state index contributed by atoms with van der Waals surface area (Å²) in [6.45, 7) is 0.657. The van der Waals surface area contributed by atoms with Gasteiger partial charge in [0.05, 0.1) is 30.3 Å². The van der Waals surface area contributed by atoms with E-state index >= 15 is 0 Å². The minimum atomic E-state index is -1.22. The highest BCUT2D eigenvalue weighted by Gasteiger charge is 2.24. The van der Waals surface area contributed by atoms with Gasteiger partial charge in [-0.3, -0.25) is 0 Å². The van der Waals surface area contributed by atoms with Crippen LogP contribution in [0.3, 0.4) is 0 Å². The van der Waals surface area contributed by atoms with Crippen molar-refractivity contribution in [1.29, 1.82) is 0 Å². The van der Waals surface area contributed by atoms with Crippen LogP contribution in [0.25, 0.3) is 0 Å². The largest absolute Gasteiger partial charge is 0.494 e. The summed E-state index contributed by atoms with van der Waals surface area (Å²) >= 11 is 12.4. The van der Waals surface area contributed by atoms with Crippen LogP contribution in [0.5, 0.6) is 11.5 Å². The van der Waals surface area contributed by atoms with Crippen molar-refractivity contribution >= 4 is 35.1 Å². The number of benzene rings is 2. The normalized spacial score (nSPS) is 10.8. The number of halogens is 2. The lowest BCUT2D eigenvalue weighted by atomic mass is 9.94. The molecule has 0 aliphatic carbocycles. The molecule has 0 unspecified atom stereocenters. The average molecular weight is 443 g/mol. The number of carboxylic acid groups (broad SMARTS) is 2. The van der Waals surface area contributed by atoms with Crippen molar-refractivity contribution in [2.75, 3.05) is 27.3 Å². The van der Waals surface area contributed by atoms with Gasteiger partial charge in [0, 0.05) is 13.1 Å². The lowest BCUT2D eigenvalue weighted by molar-refractivity contribution is 0.0682. The Balaban J connectivity index is 2.70. The summed E-state index contributed by atoms with van der Waals surface area (Å²) in [5, 5.41) is 22.4. The second-order valence-corrected chi connectivity index (χ2v) is 6.77.